The smallest absolute Gasteiger partial charge is 0.204 e. The first-order chi connectivity index (χ1) is 10.5. The molecule has 0 aromatic carbocycles. The summed E-state index contributed by atoms with van der Waals surface area (Å²) < 4.78 is 2.07. The van der Waals surface area contributed by atoms with Gasteiger partial charge in [-0.05, 0) is 19.1 Å². The minimum atomic E-state index is 0.681. The van der Waals surface area contributed by atoms with Gasteiger partial charge in [-0.25, -0.2) is 4.98 Å². The van der Waals surface area contributed by atoms with Gasteiger partial charge < -0.3 is 20.1 Å². The van der Waals surface area contributed by atoms with Crippen molar-refractivity contribution in [2.45, 2.75) is 20.0 Å². The van der Waals surface area contributed by atoms with Crippen LogP contribution in [0.15, 0.2) is 23.3 Å². The van der Waals surface area contributed by atoms with Crippen molar-refractivity contribution in [2.75, 3.05) is 26.0 Å². The van der Waals surface area contributed by atoms with E-state index >= 15 is 0 Å². The Hall–Kier alpha value is -2.02. The number of aromatic nitrogens is 2. The Balaban J connectivity index is 1.89. The molecule has 0 atom stereocenters. The fourth-order valence-corrected chi connectivity index (χ4v) is 2.99. The number of hydrogen-bond acceptors (Lipinski definition) is 4. The Morgan fingerprint density at radius 3 is 2.59 bits per heavy atom. The number of nitrogens with one attached hydrogen (secondary N) is 2. The molecule has 0 aliphatic carbocycles. The Morgan fingerprint density at radius 1 is 1.32 bits per heavy atom. The van der Waals surface area contributed by atoms with Gasteiger partial charge in [0.15, 0.2) is 5.96 Å². The number of aryl methyl sites for hydroxylation is 1. The fourth-order valence-electron chi connectivity index (χ4n) is 2.16. The maximum Gasteiger partial charge on any atom is 0.204 e. The van der Waals surface area contributed by atoms with E-state index in [1.807, 2.05) is 32.2 Å². The fraction of sp³-hybridized carbons (Fsp3) is 0.467. The molecule has 0 aliphatic rings. The van der Waals surface area contributed by atoms with Gasteiger partial charge in [-0.15, -0.1) is 11.3 Å². The van der Waals surface area contributed by atoms with Crippen molar-refractivity contribution < 1.29 is 0 Å². The zero-order valence-corrected chi connectivity index (χ0v) is 14.7. The first-order valence-corrected chi connectivity index (χ1v) is 8.00. The topological polar surface area (TPSA) is 57.5 Å². The largest absolute Gasteiger partial charge is 0.352 e. The van der Waals surface area contributed by atoms with Crippen LogP contribution in [0, 0.1) is 6.92 Å². The highest BCUT2D eigenvalue weighted by molar-refractivity contribution is 7.11. The zero-order chi connectivity index (χ0) is 16.1. The first kappa shape index (κ1) is 16.4. The number of nitrogens with zero attached hydrogens (tertiary/aromatic N) is 4. The van der Waals surface area contributed by atoms with Crippen molar-refractivity contribution in [3.8, 4) is 0 Å². The molecule has 0 saturated heterocycles. The molecular formula is C15H24N6S. The van der Waals surface area contributed by atoms with Crippen molar-refractivity contribution in [1.82, 2.24) is 20.2 Å². The molecule has 0 aliphatic heterocycles. The van der Waals surface area contributed by atoms with Crippen molar-refractivity contribution in [1.29, 1.82) is 0 Å². The van der Waals surface area contributed by atoms with Crippen LogP contribution in [0.1, 0.15) is 15.4 Å². The van der Waals surface area contributed by atoms with Crippen LogP contribution in [-0.2, 0) is 20.1 Å². The molecule has 0 amide bonds. The third kappa shape index (κ3) is 4.00. The van der Waals surface area contributed by atoms with Crippen LogP contribution in [0.4, 0.5) is 5.95 Å². The molecule has 2 heterocycles. The van der Waals surface area contributed by atoms with Gasteiger partial charge in [-0.3, -0.25) is 4.99 Å². The molecule has 0 spiro atoms. The number of guanidine groups is 1. The summed E-state index contributed by atoms with van der Waals surface area (Å²) in [6, 6.07) is 4.28. The molecule has 2 N–H and O–H groups in total. The van der Waals surface area contributed by atoms with Crippen LogP contribution in [0.2, 0.25) is 0 Å². The van der Waals surface area contributed by atoms with Crippen molar-refractivity contribution in [3.63, 3.8) is 0 Å². The van der Waals surface area contributed by atoms with Crippen LogP contribution in [0.3, 0.4) is 0 Å². The number of imidazole rings is 1. The van der Waals surface area contributed by atoms with Gasteiger partial charge in [0.25, 0.3) is 0 Å². The van der Waals surface area contributed by atoms with Gasteiger partial charge in [-0.2, -0.15) is 0 Å². The van der Waals surface area contributed by atoms with Gasteiger partial charge in [0, 0.05) is 37.9 Å². The number of aliphatic imine (C=N–C) groups is 1. The standard InChI is InChI=1S/C15H24N6S/c1-11-6-7-13(22-11)10-18-14(16-2)17-8-12-9-19-15(20(3)4)21(12)5/h6-7,9H,8,10H2,1-5H3,(H2,16,17,18). The Kier molecular flexibility index (Phi) is 5.43. The summed E-state index contributed by atoms with van der Waals surface area (Å²) in [6.07, 6.45) is 1.89. The SMILES string of the molecule is CN=C(NCc1ccc(C)s1)NCc1cnc(N(C)C)n1C. The number of anilines is 1. The van der Waals surface area contributed by atoms with Gasteiger partial charge in [-0.1, -0.05) is 0 Å². The second-order valence-electron chi connectivity index (χ2n) is 5.29. The highest BCUT2D eigenvalue weighted by Gasteiger charge is 2.08. The maximum atomic E-state index is 4.41. The summed E-state index contributed by atoms with van der Waals surface area (Å²) >= 11 is 1.80. The van der Waals surface area contributed by atoms with Crippen molar-refractivity contribution >= 4 is 23.2 Å². The minimum absolute atomic E-state index is 0.681. The van der Waals surface area contributed by atoms with Crippen LogP contribution in [0.5, 0.6) is 0 Å². The third-order valence-electron chi connectivity index (χ3n) is 3.35. The molecule has 7 heteroatoms. The summed E-state index contributed by atoms with van der Waals surface area (Å²) in [5, 5.41) is 6.65. The van der Waals surface area contributed by atoms with Crippen LogP contribution in [0.25, 0.3) is 0 Å². The lowest BCUT2D eigenvalue weighted by molar-refractivity contribution is 0.745. The molecule has 6 nitrogen and oxygen atoms in total. The minimum Gasteiger partial charge on any atom is -0.352 e. The average Bonchev–Trinajstić information content (AvgIpc) is 3.05. The maximum absolute atomic E-state index is 4.41. The molecule has 0 saturated carbocycles. The normalized spacial score (nSPS) is 11.6. The highest BCUT2D eigenvalue weighted by atomic mass is 32.1. The van der Waals surface area contributed by atoms with Crippen LogP contribution < -0.4 is 15.5 Å². The third-order valence-corrected chi connectivity index (χ3v) is 4.35. The van der Waals surface area contributed by atoms with Gasteiger partial charge in [0.1, 0.15) is 0 Å². The second-order valence-corrected chi connectivity index (χ2v) is 6.67. The molecule has 2 aromatic rings. The molecule has 0 unspecified atom stereocenters. The summed E-state index contributed by atoms with van der Waals surface area (Å²) in [4.78, 5) is 13.3. The van der Waals surface area contributed by atoms with Crippen LogP contribution in [-0.4, -0.2) is 36.7 Å². The Morgan fingerprint density at radius 2 is 2.05 bits per heavy atom. The molecular weight excluding hydrogens is 296 g/mol. The molecule has 22 heavy (non-hydrogen) atoms. The zero-order valence-electron chi connectivity index (χ0n) is 13.8. The molecule has 2 rings (SSSR count). The van der Waals surface area contributed by atoms with E-state index in [2.05, 4.69) is 44.2 Å². The predicted octanol–water partition coefficient (Wildman–Crippen LogP) is 1.72. The summed E-state index contributed by atoms with van der Waals surface area (Å²) in [6.45, 7) is 3.58. The van der Waals surface area contributed by atoms with Crippen molar-refractivity contribution in [3.05, 3.63) is 33.8 Å². The summed E-state index contributed by atoms with van der Waals surface area (Å²) in [7, 11) is 7.78. The Bertz CT molecular complexity index is 640. The molecule has 0 fully saturated rings. The van der Waals surface area contributed by atoms with E-state index in [0.29, 0.717) is 6.54 Å². The van der Waals surface area contributed by atoms with E-state index in [9.17, 15) is 0 Å². The van der Waals surface area contributed by atoms with E-state index in [-0.39, 0.29) is 0 Å². The number of thiophene rings is 1. The number of hydrogen-bond donors (Lipinski definition) is 2. The van der Waals surface area contributed by atoms with E-state index in [0.717, 1.165) is 24.1 Å². The summed E-state index contributed by atoms with van der Waals surface area (Å²) in [5.74, 6) is 1.73. The molecule has 2 aromatic heterocycles. The lowest BCUT2D eigenvalue weighted by atomic mass is 10.4. The first-order valence-electron chi connectivity index (χ1n) is 7.19. The predicted molar refractivity (Wildman–Crippen MR) is 93.6 cm³/mol. The van der Waals surface area contributed by atoms with Gasteiger partial charge in [0.05, 0.1) is 25.0 Å². The molecule has 0 radical (unpaired) electrons. The Labute approximate surface area is 135 Å². The second kappa shape index (κ2) is 7.31. The van der Waals surface area contributed by atoms with Gasteiger partial charge >= 0.3 is 0 Å². The molecule has 0 bridgehead atoms. The van der Waals surface area contributed by atoms with Gasteiger partial charge in [0.2, 0.25) is 5.95 Å². The number of rotatable bonds is 5. The van der Waals surface area contributed by atoms with E-state index in [1.165, 1.54) is 9.75 Å². The monoisotopic (exact) mass is 320 g/mol. The molecule has 120 valence electrons. The van der Waals surface area contributed by atoms with E-state index in [1.54, 1.807) is 18.4 Å². The lowest BCUT2D eigenvalue weighted by Crippen LogP contribution is -2.36. The highest BCUT2D eigenvalue weighted by Crippen LogP contribution is 2.14. The van der Waals surface area contributed by atoms with Crippen LogP contribution >= 0.6 is 11.3 Å². The van der Waals surface area contributed by atoms with E-state index in [4.69, 9.17) is 0 Å². The quantitative estimate of drug-likeness (QED) is 0.651. The van der Waals surface area contributed by atoms with Crippen molar-refractivity contribution in [2.24, 2.45) is 12.0 Å². The lowest BCUT2D eigenvalue weighted by Gasteiger charge is -2.14. The summed E-state index contributed by atoms with van der Waals surface area (Å²) in [5.41, 5.74) is 1.11. The average molecular weight is 320 g/mol. The van der Waals surface area contributed by atoms with E-state index < -0.39 is 0 Å².